The summed E-state index contributed by atoms with van der Waals surface area (Å²) in [5.74, 6) is -1.62. The van der Waals surface area contributed by atoms with Gasteiger partial charge in [0.25, 0.3) is 0 Å². The van der Waals surface area contributed by atoms with Crippen molar-refractivity contribution in [3.05, 3.63) is 82.5 Å². The first-order valence-corrected chi connectivity index (χ1v) is 8.38. The van der Waals surface area contributed by atoms with Gasteiger partial charge in [-0.1, -0.05) is 62.4 Å². The Kier molecular flexibility index (Phi) is 6.32. The second-order valence-corrected chi connectivity index (χ2v) is 5.72. The standard InChI is InChI=1S/C18H13ClF3N.C2H6/c1-10-14(20)9-13(11-5-3-2-4-6-11)18(23-10)17-15(21)7-12(19)8-16(17)22;1-2/h2-8,14,23H,1,9H2;1-2H3. The number of allylic oxidation sites excluding steroid dienone is 2. The van der Waals surface area contributed by atoms with Gasteiger partial charge in [-0.25, -0.2) is 13.2 Å². The predicted molar refractivity (Wildman–Crippen MR) is 97.8 cm³/mol. The molecule has 3 rings (SSSR count). The Hall–Kier alpha value is -2.20. The molecule has 1 aliphatic rings. The topological polar surface area (TPSA) is 12.0 Å². The minimum Gasteiger partial charge on any atom is -0.356 e. The molecular formula is C20H19ClF3N. The summed E-state index contributed by atoms with van der Waals surface area (Å²) in [6, 6.07) is 11.0. The molecule has 0 amide bonds. The Balaban J connectivity index is 0.00000109. The maximum atomic E-state index is 14.3. The average molecular weight is 366 g/mol. The maximum absolute atomic E-state index is 14.3. The van der Waals surface area contributed by atoms with Gasteiger partial charge < -0.3 is 5.32 Å². The molecule has 0 saturated heterocycles. The first-order valence-electron chi connectivity index (χ1n) is 8.00. The highest BCUT2D eigenvalue weighted by Crippen LogP contribution is 2.37. The molecular weight excluding hydrogens is 347 g/mol. The Bertz CT molecular complexity index is 777. The van der Waals surface area contributed by atoms with Gasteiger partial charge >= 0.3 is 0 Å². The number of halogens is 4. The van der Waals surface area contributed by atoms with E-state index in [0.717, 1.165) is 12.1 Å². The molecule has 132 valence electrons. The van der Waals surface area contributed by atoms with Gasteiger partial charge in [-0.2, -0.15) is 0 Å². The molecule has 25 heavy (non-hydrogen) atoms. The van der Waals surface area contributed by atoms with Crippen molar-refractivity contribution in [2.45, 2.75) is 26.4 Å². The van der Waals surface area contributed by atoms with Gasteiger partial charge in [0.05, 0.1) is 11.3 Å². The summed E-state index contributed by atoms with van der Waals surface area (Å²) in [4.78, 5) is 0. The highest BCUT2D eigenvalue weighted by atomic mass is 35.5. The fourth-order valence-electron chi connectivity index (χ4n) is 2.61. The van der Waals surface area contributed by atoms with E-state index in [1.165, 1.54) is 0 Å². The quantitative estimate of drug-likeness (QED) is 0.653. The zero-order valence-electron chi connectivity index (χ0n) is 14.0. The molecule has 1 nitrogen and oxygen atoms in total. The van der Waals surface area contributed by atoms with Crippen LogP contribution < -0.4 is 5.32 Å². The minimum absolute atomic E-state index is 0.00726. The van der Waals surface area contributed by atoms with Gasteiger partial charge in [-0.05, 0) is 23.3 Å². The zero-order chi connectivity index (χ0) is 18.6. The fourth-order valence-corrected chi connectivity index (χ4v) is 2.81. The van der Waals surface area contributed by atoms with Crippen molar-refractivity contribution in [1.29, 1.82) is 0 Å². The Morgan fingerprint density at radius 2 is 1.64 bits per heavy atom. The van der Waals surface area contributed by atoms with Gasteiger partial charge in [0.2, 0.25) is 0 Å². The average Bonchev–Trinajstić information content (AvgIpc) is 2.59. The summed E-state index contributed by atoms with van der Waals surface area (Å²) in [5.41, 5.74) is 1.18. The molecule has 1 N–H and O–H groups in total. The molecule has 1 atom stereocenters. The molecule has 1 heterocycles. The van der Waals surface area contributed by atoms with Crippen molar-refractivity contribution < 1.29 is 13.2 Å². The van der Waals surface area contributed by atoms with Crippen molar-refractivity contribution in [2.24, 2.45) is 0 Å². The summed E-state index contributed by atoms with van der Waals surface area (Å²) in [5, 5.41) is 2.68. The number of hydrogen-bond acceptors (Lipinski definition) is 1. The molecule has 0 aliphatic carbocycles. The highest BCUT2D eigenvalue weighted by molar-refractivity contribution is 6.30. The van der Waals surface area contributed by atoms with E-state index in [1.54, 1.807) is 24.3 Å². The molecule has 1 unspecified atom stereocenters. The second-order valence-electron chi connectivity index (χ2n) is 5.29. The van der Waals surface area contributed by atoms with Crippen molar-refractivity contribution in [2.75, 3.05) is 0 Å². The lowest BCUT2D eigenvalue weighted by atomic mass is 9.90. The molecule has 2 aromatic rings. The molecule has 0 aromatic heterocycles. The van der Waals surface area contributed by atoms with Crippen molar-refractivity contribution in [1.82, 2.24) is 5.32 Å². The lowest BCUT2D eigenvalue weighted by Gasteiger charge is -2.27. The summed E-state index contributed by atoms with van der Waals surface area (Å²) in [6.07, 6.45) is -1.33. The van der Waals surface area contributed by atoms with Crippen molar-refractivity contribution in [3.8, 4) is 0 Å². The third-order valence-electron chi connectivity index (χ3n) is 3.73. The normalized spacial score (nSPS) is 16.9. The van der Waals surface area contributed by atoms with E-state index in [-0.39, 0.29) is 28.4 Å². The van der Waals surface area contributed by atoms with Gasteiger partial charge in [0.1, 0.15) is 17.8 Å². The van der Waals surface area contributed by atoms with E-state index in [4.69, 9.17) is 11.6 Å². The summed E-state index contributed by atoms with van der Waals surface area (Å²) >= 11 is 5.67. The van der Waals surface area contributed by atoms with Crippen LogP contribution in [0.3, 0.4) is 0 Å². The van der Waals surface area contributed by atoms with Crippen LogP contribution in [-0.2, 0) is 0 Å². The van der Waals surface area contributed by atoms with Crippen LogP contribution in [0.4, 0.5) is 13.2 Å². The van der Waals surface area contributed by atoms with Gasteiger partial charge in [-0.15, -0.1) is 0 Å². The Morgan fingerprint density at radius 3 is 2.20 bits per heavy atom. The van der Waals surface area contributed by atoms with Crippen LogP contribution in [0.25, 0.3) is 11.3 Å². The lowest BCUT2D eigenvalue weighted by molar-refractivity contribution is 0.374. The first kappa shape index (κ1) is 19.1. The second kappa shape index (κ2) is 8.26. The van der Waals surface area contributed by atoms with E-state index >= 15 is 0 Å². The number of alkyl halides is 1. The molecule has 0 fully saturated rings. The zero-order valence-corrected chi connectivity index (χ0v) is 14.8. The number of rotatable bonds is 2. The number of nitrogens with one attached hydrogen (secondary N) is 1. The van der Waals surface area contributed by atoms with Crippen LogP contribution in [0.15, 0.2) is 54.7 Å². The third kappa shape index (κ3) is 4.07. The van der Waals surface area contributed by atoms with E-state index in [9.17, 15) is 13.2 Å². The van der Waals surface area contributed by atoms with E-state index in [1.807, 2.05) is 19.9 Å². The first-order chi connectivity index (χ1) is 12.0. The van der Waals surface area contributed by atoms with Gasteiger partial charge in [-0.3, -0.25) is 0 Å². The summed E-state index contributed by atoms with van der Waals surface area (Å²) in [7, 11) is 0. The molecule has 2 aromatic carbocycles. The van der Waals surface area contributed by atoms with Gasteiger partial charge in [0, 0.05) is 17.1 Å². The minimum atomic E-state index is -1.33. The Labute approximate surface area is 150 Å². The van der Waals surface area contributed by atoms with Crippen LogP contribution in [0, 0.1) is 11.6 Å². The monoisotopic (exact) mass is 365 g/mol. The summed E-state index contributed by atoms with van der Waals surface area (Å²) < 4.78 is 42.6. The van der Waals surface area contributed by atoms with Crippen molar-refractivity contribution >= 4 is 22.9 Å². The Morgan fingerprint density at radius 1 is 1.08 bits per heavy atom. The number of hydrogen-bond donors (Lipinski definition) is 1. The smallest absolute Gasteiger partial charge is 0.143 e. The van der Waals surface area contributed by atoms with Gasteiger partial charge in [0.15, 0.2) is 0 Å². The molecule has 0 saturated carbocycles. The van der Waals surface area contributed by atoms with Crippen LogP contribution in [0.2, 0.25) is 5.02 Å². The van der Waals surface area contributed by atoms with E-state index in [0.29, 0.717) is 11.1 Å². The van der Waals surface area contributed by atoms with Crippen LogP contribution >= 0.6 is 11.6 Å². The van der Waals surface area contributed by atoms with Crippen LogP contribution in [0.5, 0.6) is 0 Å². The largest absolute Gasteiger partial charge is 0.356 e. The molecule has 1 aliphatic heterocycles. The van der Waals surface area contributed by atoms with Crippen molar-refractivity contribution in [3.63, 3.8) is 0 Å². The molecule has 5 heteroatoms. The molecule has 0 spiro atoms. The SMILES string of the molecule is C=C1NC(c2c(F)cc(Cl)cc2F)=C(c2ccccc2)CC1F.CC. The van der Waals surface area contributed by atoms with E-state index < -0.39 is 17.8 Å². The fraction of sp³-hybridized carbons (Fsp3) is 0.200. The molecule has 0 bridgehead atoms. The summed E-state index contributed by atoms with van der Waals surface area (Å²) in [6.45, 7) is 7.58. The van der Waals surface area contributed by atoms with Crippen LogP contribution in [-0.4, -0.2) is 6.17 Å². The van der Waals surface area contributed by atoms with E-state index in [2.05, 4.69) is 11.9 Å². The highest BCUT2D eigenvalue weighted by Gasteiger charge is 2.28. The van der Waals surface area contributed by atoms with Crippen LogP contribution in [0.1, 0.15) is 31.4 Å². The molecule has 0 radical (unpaired) electrons. The predicted octanol–water partition coefficient (Wildman–Crippen LogP) is 6.36. The number of benzene rings is 2. The maximum Gasteiger partial charge on any atom is 0.143 e. The third-order valence-corrected chi connectivity index (χ3v) is 3.95. The lowest BCUT2D eigenvalue weighted by Crippen LogP contribution is -2.27.